The average Bonchev–Trinajstić information content (AvgIpc) is 2.98. The minimum atomic E-state index is 0.921. The molecular formula is C21H26N4O. The summed E-state index contributed by atoms with van der Waals surface area (Å²) in [6, 6.07) is 16.7. The summed E-state index contributed by atoms with van der Waals surface area (Å²) in [7, 11) is 1.71. The van der Waals surface area contributed by atoms with E-state index in [2.05, 4.69) is 39.0 Å². The number of nitrogens with one attached hydrogen (secondary N) is 1. The van der Waals surface area contributed by atoms with Crippen molar-refractivity contribution in [2.24, 2.45) is 0 Å². The number of nitrogens with zero attached hydrogens (tertiary/aromatic N) is 3. The Labute approximate surface area is 154 Å². The molecule has 2 aromatic carbocycles. The molecule has 1 aliphatic rings. The largest absolute Gasteiger partial charge is 0.497 e. The first kappa shape index (κ1) is 16.9. The number of anilines is 1. The number of rotatable bonds is 5. The second-order valence-corrected chi connectivity index (χ2v) is 6.86. The van der Waals surface area contributed by atoms with Crippen LogP contribution < -0.4 is 9.64 Å². The number of para-hydroxylation sites is 2. The predicted molar refractivity (Wildman–Crippen MR) is 106 cm³/mol. The van der Waals surface area contributed by atoms with E-state index in [1.165, 1.54) is 12.0 Å². The van der Waals surface area contributed by atoms with Crippen molar-refractivity contribution in [1.29, 1.82) is 0 Å². The van der Waals surface area contributed by atoms with Crippen LogP contribution in [0.1, 0.15) is 12.0 Å². The van der Waals surface area contributed by atoms with E-state index in [0.29, 0.717) is 0 Å². The van der Waals surface area contributed by atoms with Gasteiger partial charge in [-0.05, 0) is 49.2 Å². The molecule has 4 rings (SSSR count). The van der Waals surface area contributed by atoms with E-state index in [1.807, 2.05) is 24.3 Å². The fourth-order valence-corrected chi connectivity index (χ4v) is 3.57. The van der Waals surface area contributed by atoms with Gasteiger partial charge in [0, 0.05) is 26.2 Å². The molecule has 1 saturated heterocycles. The number of hydrogen-bond donors (Lipinski definition) is 1. The molecule has 0 atom stereocenters. The van der Waals surface area contributed by atoms with Crippen molar-refractivity contribution < 1.29 is 4.74 Å². The molecule has 3 aromatic rings. The maximum atomic E-state index is 5.23. The van der Waals surface area contributed by atoms with Gasteiger partial charge in [-0.3, -0.25) is 0 Å². The zero-order valence-electron chi connectivity index (χ0n) is 15.3. The number of benzene rings is 2. The van der Waals surface area contributed by atoms with E-state index in [4.69, 9.17) is 9.72 Å². The third-order valence-corrected chi connectivity index (χ3v) is 5.14. The van der Waals surface area contributed by atoms with E-state index in [9.17, 15) is 0 Å². The van der Waals surface area contributed by atoms with Gasteiger partial charge in [0.2, 0.25) is 5.95 Å². The Morgan fingerprint density at radius 3 is 2.65 bits per heavy atom. The van der Waals surface area contributed by atoms with Gasteiger partial charge in [-0.15, -0.1) is 0 Å². The summed E-state index contributed by atoms with van der Waals surface area (Å²) in [6.07, 6.45) is 2.24. The predicted octanol–water partition coefficient (Wildman–Crippen LogP) is 3.33. The molecule has 1 N–H and O–H groups in total. The zero-order valence-corrected chi connectivity index (χ0v) is 15.3. The lowest BCUT2D eigenvalue weighted by atomic mass is 10.1. The van der Waals surface area contributed by atoms with Crippen LogP contribution in [0.4, 0.5) is 5.95 Å². The highest BCUT2D eigenvalue weighted by atomic mass is 16.5. The lowest BCUT2D eigenvalue weighted by Gasteiger charge is -2.21. The number of aromatic nitrogens is 2. The molecule has 5 heteroatoms. The molecule has 1 aliphatic heterocycles. The maximum Gasteiger partial charge on any atom is 0.203 e. The minimum Gasteiger partial charge on any atom is -0.497 e. The monoisotopic (exact) mass is 350 g/mol. The molecule has 1 aromatic heterocycles. The van der Waals surface area contributed by atoms with Gasteiger partial charge < -0.3 is 19.5 Å². The van der Waals surface area contributed by atoms with Crippen LogP contribution in [0, 0.1) is 0 Å². The number of ether oxygens (including phenoxy) is 1. The van der Waals surface area contributed by atoms with E-state index in [1.54, 1.807) is 7.11 Å². The van der Waals surface area contributed by atoms with Crippen molar-refractivity contribution in [3.05, 3.63) is 54.1 Å². The molecule has 0 radical (unpaired) electrons. The lowest BCUT2D eigenvalue weighted by molar-refractivity contribution is 0.297. The third-order valence-electron chi connectivity index (χ3n) is 5.14. The second-order valence-electron chi connectivity index (χ2n) is 6.86. The smallest absolute Gasteiger partial charge is 0.203 e. The van der Waals surface area contributed by atoms with Crippen LogP contribution in [-0.2, 0) is 6.42 Å². The average molecular weight is 350 g/mol. The van der Waals surface area contributed by atoms with Gasteiger partial charge in [-0.2, -0.15) is 0 Å². The van der Waals surface area contributed by atoms with Crippen LogP contribution >= 0.6 is 0 Å². The van der Waals surface area contributed by atoms with E-state index in [-0.39, 0.29) is 0 Å². The van der Waals surface area contributed by atoms with Gasteiger partial charge in [0.25, 0.3) is 0 Å². The molecule has 0 saturated carbocycles. The molecule has 0 unspecified atom stereocenters. The van der Waals surface area contributed by atoms with Crippen molar-refractivity contribution in [2.45, 2.75) is 12.8 Å². The molecule has 1 fully saturated rings. The van der Waals surface area contributed by atoms with Gasteiger partial charge in [0.05, 0.1) is 18.1 Å². The van der Waals surface area contributed by atoms with Crippen molar-refractivity contribution in [3.63, 3.8) is 0 Å². The Bertz CT molecular complexity index is 810. The van der Waals surface area contributed by atoms with Gasteiger partial charge in [-0.1, -0.05) is 24.3 Å². The second kappa shape index (κ2) is 7.79. The number of fused-ring (bicyclic) bond motifs is 1. The Hall–Kier alpha value is -2.53. The minimum absolute atomic E-state index is 0.921. The highest BCUT2D eigenvalue weighted by Crippen LogP contribution is 2.19. The highest BCUT2D eigenvalue weighted by molar-refractivity contribution is 5.77. The molecule has 0 bridgehead atoms. The first-order chi connectivity index (χ1) is 12.8. The summed E-state index contributed by atoms with van der Waals surface area (Å²) in [5.41, 5.74) is 3.52. The van der Waals surface area contributed by atoms with Gasteiger partial charge in [-0.25, -0.2) is 4.98 Å². The van der Waals surface area contributed by atoms with Crippen LogP contribution in [0.2, 0.25) is 0 Å². The Balaban J connectivity index is 1.34. The van der Waals surface area contributed by atoms with Gasteiger partial charge >= 0.3 is 0 Å². The van der Waals surface area contributed by atoms with Crippen LogP contribution in [0.5, 0.6) is 5.75 Å². The van der Waals surface area contributed by atoms with Gasteiger partial charge in [0.15, 0.2) is 0 Å². The molecule has 5 nitrogen and oxygen atoms in total. The Morgan fingerprint density at radius 2 is 1.85 bits per heavy atom. The first-order valence-electron chi connectivity index (χ1n) is 9.37. The highest BCUT2D eigenvalue weighted by Gasteiger charge is 2.17. The molecule has 0 aliphatic carbocycles. The summed E-state index contributed by atoms with van der Waals surface area (Å²) in [5.74, 6) is 1.92. The topological polar surface area (TPSA) is 44.4 Å². The van der Waals surface area contributed by atoms with Crippen molar-refractivity contribution >= 4 is 17.0 Å². The Morgan fingerprint density at radius 1 is 1.00 bits per heavy atom. The molecule has 0 amide bonds. The zero-order chi connectivity index (χ0) is 17.8. The number of hydrogen-bond acceptors (Lipinski definition) is 4. The first-order valence-corrected chi connectivity index (χ1v) is 9.37. The Kier molecular flexibility index (Phi) is 5.07. The molecule has 0 spiro atoms. The normalized spacial score (nSPS) is 16.0. The number of methoxy groups -OCH3 is 1. The van der Waals surface area contributed by atoms with Crippen LogP contribution in [0.3, 0.4) is 0 Å². The fraction of sp³-hybridized carbons (Fsp3) is 0.381. The standard InChI is InChI=1S/C21H26N4O/c1-26-18-9-7-17(8-10-18)11-14-24-12-4-13-25(16-15-24)21-22-19-5-2-3-6-20(19)23-21/h2-3,5-10H,4,11-16H2,1H3,(H,22,23). The SMILES string of the molecule is COc1ccc(CCN2CCCN(c3nc4ccccc4[nH]3)CC2)cc1. The van der Waals surface area contributed by atoms with Crippen LogP contribution in [-0.4, -0.2) is 54.7 Å². The number of aromatic amines is 1. The third kappa shape index (κ3) is 3.83. The lowest BCUT2D eigenvalue weighted by Crippen LogP contribution is -2.32. The number of imidazole rings is 1. The summed E-state index contributed by atoms with van der Waals surface area (Å²) in [6.45, 7) is 5.39. The molecular weight excluding hydrogens is 324 g/mol. The molecule has 26 heavy (non-hydrogen) atoms. The van der Waals surface area contributed by atoms with E-state index in [0.717, 1.165) is 61.9 Å². The summed E-state index contributed by atoms with van der Waals surface area (Å²) in [5, 5.41) is 0. The maximum absolute atomic E-state index is 5.23. The summed E-state index contributed by atoms with van der Waals surface area (Å²) in [4.78, 5) is 13.2. The van der Waals surface area contributed by atoms with Crippen molar-refractivity contribution in [2.75, 3.05) is 44.7 Å². The van der Waals surface area contributed by atoms with E-state index >= 15 is 0 Å². The van der Waals surface area contributed by atoms with Crippen LogP contribution in [0.25, 0.3) is 11.0 Å². The molecule has 136 valence electrons. The van der Waals surface area contributed by atoms with Gasteiger partial charge in [0.1, 0.15) is 5.75 Å². The van der Waals surface area contributed by atoms with Crippen molar-refractivity contribution in [1.82, 2.24) is 14.9 Å². The quantitative estimate of drug-likeness (QED) is 0.767. The van der Waals surface area contributed by atoms with E-state index < -0.39 is 0 Å². The summed E-state index contributed by atoms with van der Waals surface area (Å²) < 4.78 is 5.23. The summed E-state index contributed by atoms with van der Waals surface area (Å²) >= 11 is 0. The number of H-pyrrole nitrogens is 1. The molecule has 2 heterocycles. The van der Waals surface area contributed by atoms with Crippen molar-refractivity contribution in [3.8, 4) is 5.75 Å². The fourth-order valence-electron chi connectivity index (χ4n) is 3.57. The van der Waals surface area contributed by atoms with Crippen LogP contribution in [0.15, 0.2) is 48.5 Å².